The van der Waals surface area contributed by atoms with Crippen LogP contribution in [0.25, 0.3) is 0 Å². The van der Waals surface area contributed by atoms with E-state index in [9.17, 15) is 0 Å². The molecular weight excluding hydrogens is 208 g/mol. The average Bonchev–Trinajstić information content (AvgIpc) is 3.08. The molecule has 1 heterocycles. The summed E-state index contributed by atoms with van der Waals surface area (Å²) in [6, 6.07) is 0. The molecule has 0 bridgehead atoms. The van der Waals surface area contributed by atoms with E-state index < -0.39 is 0 Å². The second-order valence-electron chi connectivity index (χ2n) is 6.56. The van der Waals surface area contributed by atoms with E-state index in [4.69, 9.17) is 5.73 Å². The molecule has 3 aliphatic rings. The minimum Gasteiger partial charge on any atom is -0.329 e. The van der Waals surface area contributed by atoms with Gasteiger partial charge in [0.25, 0.3) is 0 Å². The molecule has 17 heavy (non-hydrogen) atoms. The van der Waals surface area contributed by atoms with Gasteiger partial charge in [0.15, 0.2) is 0 Å². The highest BCUT2D eigenvalue weighted by molar-refractivity contribution is 5.10. The van der Waals surface area contributed by atoms with Gasteiger partial charge in [-0.15, -0.1) is 0 Å². The van der Waals surface area contributed by atoms with E-state index in [1.807, 2.05) is 0 Å². The predicted octanol–water partition coefficient (Wildman–Crippen LogP) is 2.77. The molecule has 0 spiro atoms. The van der Waals surface area contributed by atoms with Crippen LogP contribution < -0.4 is 5.73 Å². The van der Waals surface area contributed by atoms with Crippen LogP contribution >= 0.6 is 0 Å². The van der Waals surface area contributed by atoms with E-state index in [0.717, 1.165) is 18.4 Å². The third-order valence-electron chi connectivity index (χ3n) is 5.64. The molecule has 2 nitrogen and oxygen atoms in total. The van der Waals surface area contributed by atoms with Crippen molar-refractivity contribution in [2.75, 3.05) is 19.6 Å². The summed E-state index contributed by atoms with van der Waals surface area (Å²) in [6.45, 7) is 3.55. The molecule has 2 N–H and O–H groups in total. The first-order valence-corrected chi connectivity index (χ1v) is 7.82. The van der Waals surface area contributed by atoms with Crippen LogP contribution in [0, 0.1) is 11.8 Å². The standard InChI is InChI=1S/C15H28N2/c16-12-15(8-6-7-13-11-14(13)15)17-9-4-2-1-3-5-10-17/h13-14H,1-12,16H2. The molecule has 0 aromatic carbocycles. The lowest BCUT2D eigenvalue weighted by Crippen LogP contribution is -2.57. The van der Waals surface area contributed by atoms with Gasteiger partial charge in [0.05, 0.1) is 0 Å². The van der Waals surface area contributed by atoms with E-state index in [1.54, 1.807) is 0 Å². The number of rotatable bonds is 2. The lowest BCUT2D eigenvalue weighted by Gasteiger charge is -2.47. The molecule has 98 valence electrons. The number of fused-ring (bicyclic) bond motifs is 1. The third kappa shape index (κ3) is 2.15. The van der Waals surface area contributed by atoms with Crippen molar-refractivity contribution in [1.82, 2.24) is 4.90 Å². The first-order chi connectivity index (χ1) is 8.37. The van der Waals surface area contributed by atoms with Crippen molar-refractivity contribution in [1.29, 1.82) is 0 Å². The number of likely N-dealkylation sites (tertiary alicyclic amines) is 1. The van der Waals surface area contributed by atoms with Gasteiger partial charge in [0, 0.05) is 12.1 Å². The maximum Gasteiger partial charge on any atom is 0.0362 e. The van der Waals surface area contributed by atoms with Crippen LogP contribution in [0.5, 0.6) is 0 Å². The van der Waals surface area contributed by atoms with E-state index in [1.165, 1.54) is 70.9 Å². The molecule has 0 aromatic rings. The van der Waals surface area contributed by atoms with E-state index >= 15 is 0 Å². The molecule has 3 unspecified atom stereocenters. The average molecular weight is 236 g/mol. The Kier molecular flexibility index (Phi) is 3.45. The molecule has 1 aliphatic heterocycles. The summed E-state index contributed by atoms with van der Waals surface area (Å²) in [5.41, 5.74) is 6.65. The molecule has 0 aromatic heterocycles. The summed E-state index contributed by atoms with van der Waals surface area (Å²) < 4.78 is 0. The second-order valence-corrected chi connectivity index (χ2v) is 6.56. The number of hydrogen-bond acceptors (Lipinski definition) is 2. The molecule has 2 aliphatic carbocycles. The van der Waals surface area contributed by atoms with Gasteiger partial charge in [-0.25, -0.2) is 0 Å². The van der Waals surface area contributed by atoms with Crippen LogP contribution in [-0.2, 0) is 0 Å². The highest BCUT2D eigenvalue weighted by atomic mass is 15.2. The zero-order valence-corrected chi connectivity index (χ0v) is 11.2. The minimum absolute atomic E-state index is 0.417. The van der Waals surface area contributed by atoms with Crippen molar-refractivity contribution in [3.05, 3.63) is 0 Å². The quantitative estimate of drug-likeness (QED) is 0.799. The fourth-order valence-corrected chi connectivity index (χ4v) is 4.55. The van der Waals surface area contributed by atoms with Crippen LogP contribution in [0.1, 0.15) is 57.8 Å². The van der Waals surface area contributed by atoms with Gasteiger partial charge < -0.3 is 5.73 Å². The van der Waals surface area contributed by atoms with Gasteiger partial charge in [-0.05, 0) is 50.6 Å². The first kappa shape index (κ1) is 12.0. The van der Waals surface area contributed by atoms with Crippen molar-refractivity contribution < 1.29 is 0 Å². The Morgan fingerprint density at radius 3 is 2.41 bits per heavy atom. The topological polar surface area (TPSA) is 29.3 Å². The number of nitrogens with zero attached hydrogens (tertiary/aromatic N) is 1. The SMILES string of the molecule is NCC1(N2CCCCCCC2)CCCC2CC21. The maximum atomic E-state index is 6.23. The monoisotopic (exact) mass is 236 g/mol. The van der Waals surface area contributed by atoms with Gasteiger partial charge in [-0.1, -0.05) is 32.1 Å². The van der Waals surface area contributed by atoms with Gasteiger partial charge in [-0.2, -0.15) is 0 Å². The molecule has 1 saturated heterocycles. The molecule has 3 rings (SSSR count). The van der Waals surface area contributed by atoms with Crippen LogP contribution in [0.2, 0.25) is 0 Å². The summed E-state index contributed by atoms with van der Waals surface area (Å²) in [6.07, 6.45) is 12.9. The Bertz CT molecular complexity index is 258. The maximum absolute atomic E-state index is 6.23. The molecule has 2 heteroatoms. The Labute approximate surface area is 106 Å². The third-order valence-corrected chi connectivity index (χ3v) is 5.64. The van der Waals surface area contributed by atoms with Crippen LogP contribution in [-0.4, -0.2) is 30.1 Å². The highest BCUT2D eigenvalue weighted by Gasteiger charge is 2.56. The summed E-state index contributed by atoms with van der Waals surface area (Å²) in [7, 11) is 0. The zero-order valence-electron chi connectivity index (χ0n) is 11.2. The Morgan fingerprint density at radius 1 is 1.00 bits per heavy atom. The van der Waals surface area contributed by atoms with Crippen molar-refractivity contribution in [3.63, 3.8) is 0 Å². The van der Waals surface area contributed by atoms with Crippen LogP contribution in [0.3, 0.4) is 0 Å². The van der Waals surface area contributed by atoms with Crippen molar-refractivity contribution in [3.8, 4) is 0 Å². The summed E-state index contributed by atoms with van der Waals surface area (Å²) >= 11 is 0. The van der Waals surface area contributed by atoms with E-state index in [0.29, 0.717) is 5.54 Å². The smallest absolute Gasteiger partial charge is 0.0362 e. The Balaban J connectivity index is 1.73. The minimum atomic E-state index is 0.417. The summed E-state index contributed by atoms with van der Waals surface area (Å²) in [5, 5.41) is 0. The first-order valence-electron chi connectivity index (χ1n) is 7.82. The fraction of sp³-hybridized carbons (Fsp3) is 1.00. The van der Waals surface area contributed by atoms with Crippen molar-refractivity contribution >= 4 is 0 Å². The molecule has 2 saturated carbocycles. The highest BCUT2D eigenvalue weighted by Crippen LogP contribution is 2.56. The lowest BCUT2D eigenvalue weighted by atomic mass is 9.79. The Morgan fingerprint density at radius 2 is 1.71 bits per heavy atom. The van der Waals surface area contributed by atoms with Gasteiger partial charge >= 0.3 is 0 Å². The normalized spacial score (nSPS) is 43.6. The van der Waals surface area contributed by atoms with Gasteiger partial charge in [0.1, 0.15) is 0 Å². The lowest BCUT2D eigenvalue weighted by molar-refractivity contribution is 0.0368. The largest absolute Gasteiger partial charge is 0.329 e. The fourth-order valence-electron chi connectivity index (χ4n) is 4.55. The van der Waals surface area contributed by atoms with E-state index in [2.05, 4.69) is 4.90 Å². The van der Waals surface area contributed by atoms with Crippen molar-refractivity contribution in [2.45, 2.75) is 63.3 Å². The zero-order chi connectivity index (χ0) is 11.7. The van der Waals surface area contributed by atoms with Crippen LogP contribution in [0.15, 0.2) is 0 Å². The molecule has 0 amide bonds. The number of nitrogens with two attached hydrogens (primary N) is 1. The second kappa shape index (κ2) is 4.89. The Hall–Kier alpha value is -0.0800. The summed E-state index contributed by atoms with van der Waals surface area (Å²) in [5.74, 6) is 2.00. The molecule has 3 atom stereocenters. The van der Waals surface area contributed by atoms with Gasteiger partial charge in [0.2, 0.25) is 0 Å². The van der Waals surface area contributed by atoms with Crippen LogP contribution in [0.4, 0.5) is 0 Å². The molecular formula is C15H28N2. The molecule has 0 radical (unpaired) electrons. The van der Waals surface area contributed by atoms with E-state index in [-0.39, 0.29) is 0 Å². The number of hydrogen-bond donors (Lipinski definition) is 1. The summed E-state index contributed by atoms with van der Waals surface area (Å²) in [4.78, 5) is 2.82. The van der Waals surface area contributed by atoms with Gasteiger partial charge in [-0.3, -0.25) is 4.90 Å². The molecule has 3 fully saturated rings. The predicted molar refractivity (Wildman–Crippen MR) is 71.9 cm³/mol. The van der Waals surface area contributed by atoms with Crippen molar-refractivity contribution in [2.24, 2.45) is 17.6 Å².